The summed E-state index contributed by atoms with van der Waals surface area (Å²) in [5.74, 6) is 0. The molecule has 76 valence electrons. The summed E-state index contributed by atoms with van der Waals surface area (Å²) >= 11 is 0. The molecule has 1 aliphatic heterocycles. The number of hydrogen-bond donors (Lipinski definition) is 1. The molecule has 2 nitrogen and oxygen atoms in total. The van der Waals surface area contributed by atoms with Gasteiger partial charge in [0, 0.05) is 5.70 Å². The molecule has 0 amide bonds. The molecular formula is C11H21NO. The molecule has 1 saturated heterocycles. The molecule has 1 unspecified atom stereocenters. The van der Waals surface area contributed by atoms with E-state index in [0.717, 1.165) is 12.1 Å². The van der Waals surface area contributed by atoms with Crippen LogP contribution < -0.4 is 5.32 Å². The van der Waals surface area contributed by atoms with Gasteiger partial charge in [-0.15, -0.1) is 0 Å². The van der Waals surface area contributed by atoms with Crippen LogP contribution >= 0.6 is 0 Å². The van der Waals surface area contributed by atoms with Gasteiger partial charge in [-0.1, -0.05) is 27.4 Å². The average Bonchev–Trinajstić information content (AvgIpc) is 2.00. The zero-order valence-electron chi connectivity index (χ0n) is 9.40. The Hall–Kier alpha value is -0.500. The fraction of sp³-hybridized carbons (Fsp3) is 0.818. The van der Waals surface area contributed by atoms with Gasteiger partial charge in [0.1, 0.15) is 5.72 Å². The summed E-state index contributed by atoms with van der Waals surface area (Å²) in [4.78, 5) is 0. The number of nitrogens with one attached hydrogen (secondary N) is 1. The normalized spacial score (nSPS) is 27.5. The van der Waals surface area contributed by atoms with Crippen LogP contribution in [0.25, 0.3) is 0 Å². The Morgan fingerprint density at radius 1 is 1.46 bits per heavy atom. The van der Waals surface area contributed by atoms with Crippen LogP contribution in [-0.2, 0) is 4.74 Å². The summed E-state index contributed by atoms with van der Waals surface area (Å²) in [6.45, 7) is 14.7. The number of rotatable bonds is 1. The molecule has 1 heterocycles. The molecule has 0 bridgehead atoms. The van der Waals surface area contributed by atoms with Crippen molar-refractivity contribution in [3.05, 3.63) is 12.3 Å². The lowest BCUT2D eigenvalue weighted by Gasteiger charge is -2.23. The van der Waals surface area contributed by atoms with Gasteiger partial charge >= 0.3 is 0 Å². The van der Waals surface area contributed by atoms with E-state index in [1.54, 1.807) is 0 Å². The Morgan fingerprint density at radius 3 is 2.31 bits per heavy atom. The van der Waals surface area contributed by atoms with Crippen molar-refractivity contribution in [1.29, 1.82) is 0 Å². The molecule has 0 aromatic carbocycles. The van der Waals surface area contributed by atoms with Gasteiger partial charge in [0.2, 0.25) is 0 Å². The summed E-state index contributed by atoms with van der Waals surface area (Å²) in [6, 6.07) is 0. The standard InChI is InChI=1S/C11H21NO/c1-8-9(7-10(2,3)4)13-11(5,6)12-8/h9,12H,1,7H2,2-6H3. The van der Waals surface area contributed by atoms with Crippen LogP contribution in [0.4, 0.5) is 0 Å². The molecule has 1 aliphatic rings. The van der Waals surface area contributed by atoms with Crippen LogP contribution in [0.2, 0.25) is 0 Å². The van der Waals surface area contributed by atoms with E-state index in [9.17, 15) is 0 Å². The predicted octanol–water partition coefficient (Wildman–Crippen LogP) is 2.66. The SMILES string of the molecule is C=C1NC(C)(C)OC1CC(C)(C)C. The monoisotopic (exact) mass is 183 g/mol. The topological polar surface area (TPSA) is 21.3 Å². The summed E-state index contributed by atoms with van der Waals surface area (Å²) in [5.41, 5.74) is 1.06. The van der Waals surface area contributed by atoms with Crippen LogP contribution in [-0.4, -0.2) is 11.8 Å². The molecule has 0 aromatic rings. The molecule has 2 heteroatoms. The van der Waals surface area contributed by atoms with Crippen molar-refractivity contribution >= 4 is 0 Å². The maximum absolute atomic E-state index is 5.83. The molecule has 0 spiro atoms. The first-order chi connectivity index (χ1) is 5.70. The van der Waals surface area contributed by atoms with Gasteiger partial charge in [0.05, 0.1) is 6.10 Å². The van der Waals surface area contributed by atoms with E-state index >= 15 is 0 Å². The minimum absolute atomic E-state index is 0.162. The first kappa shape index (κ1) is 10.6. The maximum atomic E-state index is 5.83. The van der Waals surface area contributed by atoms with Gasteiger partial charge in [0.25, 0.3) is 0 Å². The second-order valence-electron chi connectivity index (χ2n) is 5.53. The van der Waals surface area contributed by atoms with Gasteiger partial charge < -0.3 is 10.1 Å². The Morgan fingerprint density at radius 2 is 2.00 bits per heavy atom. The highest BCUT2D eigenvalue weighted by Crippen LogP contribution is 2.31. The fourth-order valence-electron chi connectivity index (χ4n) is 1.64. The lowest BCUT2D eigenvalue weighted by molar-refractivity contribution is -0.0342. The van der Waals surface area contributed by atoms with Crippen molar-refractivity contribution in [3.63, 3.8) is 0 Å². The van der Waals surface area contributed by atoms with Crippen molar-refractivity contribution < 1.29 is 4.74 Å². The van der Waals surface area contributed by atoms with Crippen molar-refractivity contribution in [2.75, 3.05) is 0 Å². The minimum Gasteiger partial charge on any atom is -0.360 e. The van der Waals surface area contributed by atoms with Crippen molar-refractivity contribution in [2.24, 2.45) is 5.41 Å². The van der Waals surface area contributed by atoms with Crippen LogP contribution in [0.3, 0.4) is 0 Å². The van der Waals surface area contributed by atoms with Crippen LogP contribution in [0.5, 0.6) is 0 Å². The second kappa shape index (κ2) is 3.02. The smallest absolute Gasteiger partial charge is 0.133 e. The van der Waals surface area contributed by atoms with E-state index in [4.69, 9.17) is 4.74 Å². The third-order valence-electron chi connectivity index (χ3n) is 2.08. The Bertz CT molecular complexity index is 213. The molecule has 13 heavy (non-hydrogen) atoms. The van der Waals surface area contributed by atoms with E-state index < -0.39 is 0 Å². The van der Waals surface area contributed by atoms with E-state index in [1.807, 2.05) is 13.8 Å². The molecular weight excluding hydrogens is 162 g/mol. The molecule has 1 rings (SSSR count). The molecule has 0 radical (unpaired) electrons. The van der Waals surface area contributed by atoms with Crippen LogP contribution in [0.15, 0.2) is 12.3 Å². The number of ether oxygens (including phenoxy) is 1. The highest BCUT2D eigenvalue weighted by molar-refractivity contribution is 5.09. The maximum Gasteiger partial charge on any atom is 0.133 e. The van der Waals surface area contributed by atoms with Gasteiger partial charge in [-0.2, -0.15) is 0 Å². The molecule has 0 aromatic heterocycles. The lowest BCUT2D eigenvalue weighted by Crippen LogP contribution is -2.32. The van der Waals surface area contributed by atoms with Crippen LogP contribution in [0.1, 0.15) is 41.0 Å². The van der Waals surface area contributed by atoms with Crippen molar-refractivity contribution in [1.82, 2.24) is 5.32 Å². The summed E-state index contributed by atoms with van der Waals surface area (Å²) in [7, 11) is 0. The predicted molar refractivity (Wildman–Crippen MR) is 55.3 cm³/mol. The van der Waals surface area contributed by atoms with E-state index in [2.05, 4.69) is 32.7 Å². The van der Waals surface area contributed by atoms with E-state index in [1.165, 1.54) is 0 Å². The Labute approximate surface area is 81.4 Å². The summed E-state index contributed by atoms with van der Waals surface area (Å²) in [6.07, 6.45) is 1.18. The Kier molecular flexibility index (Phi) is 2.46. The highest BCUT2D eigenvalue weighted by Gasteiger charge is 2.35. The second-order valence-corrected chi connectivity index (χ2v) is 5.53. The van der Waals surface area contributed by atoms with E-state index in [-0.39, 0.29) is 17.2 Å². The molecule has 0 saturated carbocycles. The van der Waals surface area contributed by atoms with E-state index in [0.29, 0.717) is 0 Å². The lowest BCUT2D eigenvalue weighted by atomic mass is 9.88. The first-order valence-electron chi connectivity index (χ1n) is 4.84. The quantitative estimate of drug-likeness (QED) is 0.675. The van der Waals surface area contributed by atoms with Gasteiger partial charge in [-0.05, 0) is 25.7 Å². The van der Waals surface area contributed by atoms with Gasteiger partial charge in [0.15, 0.2) is 0 Å². The molecule has 1 N–H and O–H groups in total. The zero-order valence-corrected chi connectivity index (χ0v) is 9.40. The Balaban J connectivity index is 2.59. The molecule has 0 aliphatic carbocycles. The van der Waals surface area contributed by atoms with Gasteiger partial charge in [-0.3, -0.25) is 0 Å². The zero-order chi connectivity index (χ0) is 10.3. The first-order valence-corrected chi connectivity index (χ1v) is 4.84. The van der Waals surface area contributed by atoms with Crippen molar-refractivity contribution in [2.45, 2.75) is 52.9 Å². The summed E-state index contributed by atoms with van der Waals surface area (Å²) in [5, 5.41) is 3.25. The average molecular weight is 183 g/mol. The van der Waals surface area contributed by atoms with Crippen molar-refractivity contribution in [3.8, 4) is 0 Å². The van der Waals surface area contributed by atoms with Crippen LogP contribution in [0, 0.1) is 5.41 Å². The minimum atomic E-state index is -0.243. The summed E-state index contributed by atoms with van der Waals surface area (Å²) < 4.78 is 5.83. The third kappa shape index (κ3) is 3.03. The molecule has 1 fully saturated rings. The molecule has 1 atom stereocenters. The largest absolute Gasteiger partial charge is 0.360 e. The number of hydrogen-bond acceptors (Lipinski definition) is 2. The highest BCUT2D eigenvalue weighted by atomic mass is 16.5. The van der Waals surface area contributed by atoms with Gasteiger partial charge in [-0.25, -0.2) is 0 Å². The fourth-order valence-corrected chi connectivity index (χ4v) is 1.64. The third-order valence-corrected chi connectivity index (χ3v) is 2.08.